The third-order valence-electron chi connectivity index (χ3n) is 9.34. The number of aromatic nitrogens is 1. The summed E-state index contributed by atoms with van der Waals surface area (Å²) in [7, 11) is 0. The van der Waals surface area contributed by atoms with E-state index in [2.05, 4.69) is 4.98 Å². The molecule has 0 spiro atoms. The monoisotopic (exact) mass is 635 g/mol. The molecule has 2 saturated heterocycles. The molecule has 4 aromatic rings. The number of aliphatic hydroxyl groups is 1. The normalized spacial score (nSPS) is 19.7. The van der Waals surface area contributed by atoms with Crippen LogP contribution in [0.3, 0.4) is 0 Å². The topological polar surface area (TPSA) is 90.8 Å². The van der Waals surface area contributed by atoms with E-state index < -0.39 is 17.9 Å². The molecule has 2 fully saturated rings. The second-order valence-electron chi connectivity index (χ2n) is 12.6. The van der Waals surface area contributed by atoms with Crippen molar-refractivity contribution in [1.29, 1.82) is 0 Å². The van der Waals surface area contributed by atoms with Crippen LogP contribution in [0.25, 0.3) is 0 Å². The summed E-state index contributed by atoms with van der Waals surface area (Å²) in [6.45, 7) is 3.78. The van der Waals surface area contributed by atoms with Gasteiger partial charge in [-0.1, -0.05) is 72.8 Å². The average Bonchev–Trinajstić information content (AvgIpc) is 3.75. The minimum atomic E-state index is -0.979. The predicted molar refractivity (Wildman–Crippen MR) is 179 cm³/mol. The number of carbonyl (C=O) groups is 3. The van der Waals surface area contributed by atoms with Gasteiger partial charge >= 0.3 is 0 Å². The van der Waals surface area contributed by atoms with Crippen molar-refractivity contribution in [2.24, 2.45) is 11.8 Å². The first-order valence-electron chi connectivity index (χ1n) is 16.3. The van der Waals surface area contributed by atoms with Crippen LogP contribution in [-0.2, 0) is 17.8 Å². The highest BCUT2D eigenvalue weighted by Crippen LogP contribution is 2.35. The van der Waals surface area contributed by atoms with Crippen LogP contribution in [0.5, 0.6) is 0 Å². The summed E-state index contributed by atoms with van der Waals surface area (Å²) in [6.07, 6.45) is 2.73. The molecule has 7 nitrogen and oxygen atoms in total. The van der Waals surface area contributed by atoms with Gasteiger partial charge in [-0.15, -0.1) is 11.3 Å². The van der Waals surface area contributed by atoms with Gasteiger partial charge in [0.1, 0.15) is 5.01 Å². The second kappa shape index (κ2) is 14.5. The maximum absolute atomic E-state index is 13.9. The Bertz CT molecular complexity index is 1660. The molecule has 238 valence electrons. The van der Waals surface area contributed by atoms with E-state index in [1.807, 2.05) is 82.8 Å². The van der Waals surface area contributed by atoms with Crippen LogP contribution in [0.4, 0.5) is 0 Å². The van der Waals surface area contributed by atoms with Gasteiger partial charge in [0, 0.05) is 48.3 Å². The Morgan fingerprint density at radius 3 is 2.33 bits per heavy atom. The number of thiazole rings is 1. The summed E-state index contributed by atoms with van der Waals surface area (Å²) in [5.41, 5.74) is 3.93. The number of hydrogen-bond donors (Lipinski definition) is 1. The quantitative estimate of drug-likeness (QED) is 0.186. The molecule has 0 aliphatic carbocycles. The smallest absolute Gasteiger partial charge is 0.254 e. The number of piperidine rings is 1. The van der Waals surface area contributed by atoms with E-state index >= 15 is 0 Å². The molecule has 6 rings (SSSR count). The van der Waals surface area contributed by atoms with Crippen LogP contribution in [0.15, 0.2) is 90.3 Å². The van der Waals surface area contributed by atoms with Crippen LogP contribution in [0.1, 0.15) is 80.7 Å². The van der Waals surface area contributed by atoms with Gasteiger partial charge in [-0.25, -0.2) is 4.98 Å². The maximum atomic E-state index is 13.9. The van der Waals surface area contributed by atoms with Crippen molar-refractivity contribution in [2.75, 3.05) is 13.1 Å². The van der Waals surface area contributed by atoms with Gasteiger partial charge in [-0.05, 0) is 68.2 Å². The molecule has 2 aliphatic rings. The Hall–Kier alpha value is -4.14. The van der Waals surface area contributed by atoms with Crippen LogP contribution < -0.4 is 0 Å². The highest BCUT2D eigenvalue weighted by atomic mass is 32.1. The number of aryl methyl sites for hydroxylation is 1. The van der Waals surface area contributed by atoms with Gasteiger partial charge in [-0.3, -0.25) is 14.4 Å². The van der Waals surface area contributed by atoms with Crippen molar-refractivity contribution in [1.82, 2.24) is 14.8 Å². The first-order valence-corrected chi connectivity index (χ1v) is 17.2. The predicted octanol–water partition coefficient (Wildman–Crippen LogP) is 6.66. The first kappa shape index (κ1) is 31.8. The van der Waals surface area contributed by atoms with Crippen molar-refractivity contribution in [3.8, 4) is 0 Å². The third-order valence-corrected chi connectivity index (χ3v) is 10.4. The molecule has 0 radical (unpaired) electrons. The molecule has 0 saturated carbocycles. The van der Waals surface area contributed by atoms with Crippen molar-refractivity contribution in [2.45, 2.75) is 64.1 Å². The van der Waals surface area contributed by atoms with Gasteiger partial charge in [0.25, 0.3) is 5.91 Å². The minimum absolute atomic E-state index is 0.0505. The van der Waals surface area contributed by atoms with Gasteiger partial charge in [0.2, 0.25) is 5.91 Å². The number of nitrogens with zero attached hydrogens (tertiary/aromatic N) is 3. The Labute approximate surface area is 274 Å². The summed E-state index contributed by atoms with van der Waals surface area (Å²) in [5, 5.41) is 14.8. The van der Waals surface area contributed by atoms with Crippen LogP contribution >= 0.6 is 11.3 Å². The summed E-state index contributed by atoms with van der Waals surface area (Å²) < 4.78 is 0. The molecule has 3 aromatic carbocycles. The number of likely N-dealkylation sites (tertiary alicyclic amines) is 2. The largest absolute Gasteiger partial charge is 0.392 e. The van der Waals surface area contributed by atoms with Gasteiger partial charge in [-0.2, -0.15) is 0 Å². The number of ketones is 1. The minimum Gasteiger partial charge on any atom is -0.392 e. The Morgan fingerprint density at radius 2 is 1.61 bits per heavy atom. The Balaban J connectivity index is 1.19. The number of benzene rings is 3. The molecule has 0 unspecified atom stereocenters. The molecule has 8 heteroatoms. The van der Waals surface area contributed by atoms with Crippen LogP contribution in [0.2, 0.25) is 0 Å². The SMILES string of the molecule is Cc1csc([C@H]2CCCN2C(=O)c2cccc(C(=O)C[C@@H](Cc3ccccc3)[C@H](O)[C@@H]3CCCN(Cc4ccccc4)C3=O)c2)n1. The average molecular weight is 636 g/mol. The molecule has 46 heavy (non-hydrogen) atoms. The number of Topliss-reactive ketones (excluding diaryl/α,β-unsaturated/α-hetero) is 1. The molecular weight excluding hydrogens is 595 g/mol. The molecule has 0 bridgehead atoms. The zero-order valence-electron chi connectivity index (χ0n) is 26.3. The fourth-order valence-corrected chi connectivity index (χ4v) is 7.89. The number of aliphatic hydroxyl groups excluding tert-OH is 1. The lowest BCUT2D eigenvalue weighted by atomic mass is 9.79. The fraction of sp³-hybridized carbons (Fsp3) is 0.368. The van der Waals surface area contributed by atoms with E-state index in [-0.39, 0.29) is 30.1 Å². The summed E-state index contributed by atoms with van der Waals surface area (Å²) in [6, 6.07) is 26.6. The van der Waals surface area contributed by atoms with E-state index in [4.69, 9.17) is 0 Å². The zero-order chi connectivity index (χ0) is 32.0. The van der Waals surface area contributed by atoms with E-state index in [0.717, 1.165) is 41.1 Å². The van der Waals surface area contributed by atoms with Crippen molar-refractivity contribution >= 4 is 28.9 Å². The van der Waals surface area contributed by atoms with Crippen molar-refractivity contribution < 1.29 is 19.5 Å². The van der Waals surface area contributed by atoms with Crippen LogP contribution in [0, 0.1) is 18.8 Å². The second-order valence-corrected chi connectivity index (χ2v) is 13.5. The van der Waals surface area contributed by atoms with Gasteiger partial charge in [0.15, 0.2) is 5.78 Å². The van der Waals surface area contributed by atoms with E-state index in [1.165, 1.54) is 0 Å². The third kappa shape index (κ3) is 7.29. The molecule has 1 N–H and O–H groups in total. The number of rotatable bonds is 11. The maximum Gasteiger partial charge on any atom is 0.254 e. The summed E-state index contributed by atoms with van der Waals surface area (Å²) in [4.78, 5) is 49.6. The van der Waals surface area contributed by atoms with Crippen molar-refractivity contribution in [3.05, 3.63) is 123 Å². The number of carbonyl (C=O) groups excluding carboxylic acids is 3. The lowest BCUT2D eigenvalue weighted by Crippen LogP contribution is -2.47. The first-order chi connectivity index (χ1) is 22.4. The Morgan fingerprint density at radius 1 is 0.913 bits per heavy atom. The summed E-state index contributed by atoms with van der Waals surface area (Å²) >= 11 is 1.58. The zero-order valence-corrected chi connectivity index (χ0v) is 27.1. The standard InChI is InChI=1S/C38H41N3O4S/c1-26-25-46-36(39-26)33-18-10-20-41(33)37(44)30-16-8-15-29(22-30)34(42)23-31(21-27-11-4-2-5-12-27)35(43)32-17-9-19-40(38(32)45)24-28-13-6-3-7-14-28/h2-8,11-16,22,25,31-33,35,43H,9-10,17-21,23-24H2,1H3/t31-,32+,33-,35+/m1/s1. The van der Waals surface area contributed by atoms with E-state index in [9.17, 15) is 19.5 Å². The molecule has 2 aliphatic heterocycles. The Kier molecular flexibility index (Phi) is 10.0. The lowest BCUT2D eigenvalue weighted by molar-refractivity contribution is -0.145. The highest BCUT2D eigenvalue weighted by Gasteiger charge is 2.39. The molecule has 3 heterocycles. The molecular formula is C38H41N3O4S. The fourth-order valence-electron chi connectivity index (χ4n) is 6.95. The number of hydrogen-bond acceptors (Lipinski definition) is 6. The van der Waals surface area contributed by atoms with Gasteiger partial charge < -0.3 is 14.9 Å². The van der Waals surface area contributed by atoms with Crippen LogP contribution in [-0.4, -0.2) is 56.7 Å². The molecule has 1 aromatic heterocycles. The van der Waals surface area contributed by atoms with E-state index in [0.29, 0.717) is 43.6 Å². The van der Waals surface area contributed by atoms with Crippen molar-refractivity contribution in [3.63, 3.8) is 0 Å². The van der Waals surface area contributed by atoms with E-state index in [1.54, 1.807) is 35.6 Å². The summed E-state index contributed by atoms with van der Waals surface area (Å²) in [5.74, 6) is -1.34. The van der Waals surface area contributed by atoms with Gasteiger partial charge in [0.05, 0.1) is 18.1 Å². The lowest BCUT2D eigenvalue weighted by Gasteiger charge is -2.37. The molecule has 4 atom stereocenters. The molecule has 2 amide bonds. The highest BCUT2D eigenvalue weighted by molar-refractivity contribution is 7.09. The number of amides is 2.